The molecule has 1 aliphatic heterocycles. The summed E-state index contributed by atoms with van der Waals surface area (Å²) in [5.41, 5.74) is 0. The van der Waals surface area contributed by atoms with E-state index in [9.17, 15) is 17.1 Å². The molecule has 1 fully saturated rings. The Morgan fingerprint density at radius 1 is 1.61 bits per heavy atom. The average Bonchev–Trinajstić information content (AvgIpc) is 2.82. The standard InChI is InChI=1S/C8H11FN4O3S2/c1-17-8-10-7(11-12-8)13-3-5(2-6(13)14)4-18(9,15)16/h5H,2-4H2,1H3,(H,10,11,12). The van der Waals surface area contributed by atoms with Crippen LogP contribution in [0.4, 0.5) is 9.83 Å². The normalized spacial score (nSPS) is 20.7. The van der Waals surface area contributed by atoms with Crippen LogP contribution in [0.25, 0.3) is 0 Å². The van der Waals surface area contributed by atoms with Gasteiger partial charge in [0.05, 0.1) is 5.75 Å². The highest BCUT2D eigenvalue weighted by Gasteiger charge is 2.35. The van der Waals surface area contributed by atoms with Gasteiger partial charge in [-0.15, -0.1) is 8.98 Å². The summed E-state index contributed by atoms with van der Waals surface area (Å²) in [5.74, 6) is -1.20. The van der Waals surface area contributed by atoms with Gasteiger partial charge in [-0.3, -0.25) is 9.69 Å². The minimum absolute atomic E-state index is 0.00154. The Labute approximate surface area is 107 Å². The molecule has 1 N–H and O–H groups in total. The lowest BCUT2D eigenvalue weighted by Crippen LogP contribution is -2.26. The molecule has 1 amide bonds. The number of carbonyl (C=O) groups excluding carboxylic acids is 1. The summed E-state index contributed by atoms with van der Waals surface area (Å²) < 4.78 is 33.7. The van der Waals surface area contributed by atoms with Gasteiger partial charge in [0, 0.05) is 18.9 Å². The second kappa shape index (κ2) is 4.84. The van der Waals surface area contributed by atoms with Crippen LogP contribution in [-0.2, 0) is 15.0 Å². The maximum absolute atomic E-state index is 12.6. The molecular formula is C8H11FN4O3S2. The highest BCUT2D eigenvalue weighted by atomic mass is 32.3. The quantitative estimate of drug-likeness (QED) is 0.628. The first kappa shape index (κ1) is 13.3. The van der Waals surface area contributed by atoms with E-state index >= 15 is 0 Å². The van der Waals surface area contributed by atoms with Crippen LogP contribution < -0.4 is 4.90 Å². The summed E-state index contributed by atoms with van der Waals surface area (Å²) in [6, 6.07) is 0. The number of halogens is 1. The Bertz CT molecular complexity index is 558. The Morgan fingerprint density at radius 2 is 2.33 bits per heavy atom. The van der Waals surface area contributed by atoms with E-state index in [0.717, 1.165) is 0 Å². The Morgan fingerprint density at radius 3 is 2.89 bits per heavy atom. The fourth-order valence-corrected chi connectivity index (χ4v) is 2.93. The van der Waals surface area contributed by atoms with Crippen molar-refractivity contribution >= 4 is 33.8 Å². The maximum atomic E-state index is 12.6. The van der Waals surface area contributed by atoms with Crippen LogP contribution >= 0.6 is 11.8 Å². The van der Waals surface area contributed by atoms with Crippen molar-refractivity contribution in [2.75, 3.05) is 23.5 Å². The summed E-state index contributed by atoms with van der Waals surface area (Å²) in [6.45, 7) is 0.130. The van der Waals surface area contributed by atoms with E-state index in [1.54, 1.807) is 6.26 Å². The van der Waals surface area contributed by atoms with Gasteiger partial charge in [0.2, 0.25) is 17.0 Å². The zero-order chi connectivity index (χ0) is 13.3. The SMILES string of the molecule is CSc1n[nH]c(N2CC(CS(=O)(=O)F)CC2=O)n1. The number of hydrogen-bond acceptors (Lipinski definition) is 6. The Balaban J connectivity index is 2.09. The first-order valence-electron chi connectivity index (χ1n) is 5.08. The summed E-state index contributed by atoms with van der Waals surface area (Å²) in [4.78, 5) is 17.0. The van der Waals surface area contributed by atoms with Gasteiger partial charge in [0.25, 0.3) is 0 Å². The molecule has 1 aliphatic rings. The van der Waals surface area contributed by atoms with Gasteiger partial charge in [-0.2, -0.15) is 13.4 Å². The zero-order valence-corrected chi connectivity index (χ0v) is 11.1. The van der Waals surface area contributed by atoms with Gasteiger partial charge in [-0.25, -0.2) is 5.10 Å². The van der Waals surface area contributed by atoms with E-state index in [2.05, 4.69) is 15.2 Å². The van der Waals surface area contributed by atoms with Crippen molar-refractivity contribution in [1.29, 1.82) is 0 Å². The minimum Gasteiger partial charge on any atom is -0.281 e. The van der Waals surface area contributed by atoms with Crippen LogP contribution in [0.1, 0.15) is 6.42 Å². The number of hydrogen-bond donors (Lipinski definition) is 1. The number of aromatic amines is 1. The molecule has 0 aromatic carbocycles. The number of nitrogens with zero attached hydrogens (tertiary/aromatic N) is 3. The van der Waals surface area contributed by atoms with Crippen molar-refractivity contribution in [3.63, 3.8) is 0 Å². The van der Waals surface area contributed by atoms with E-state index in [1.807, 2.05) is 0 Å². The van der Waals surface area contributed by atoms with Gasteiger partial charge in [-0.1, -0.05) is 11.8 Å². The third-order valence-electron chi connectivity index (χ3n) is 2.53. The monoisotopic (exact) mass is 294 g/mol. The van der Waals surface area contributed by atoms with Crippen LogP contribution in [-0.4, -0.2) is 48.1 Å². The Hall–Kier alpha value is -1.16. The van der Waals surface area contributed by atoms with E-state index < -0.39 is 21.9 Å². The smallest absolute Gasteiger partial charge is 0.281 e. The van der Waals surface area contributed by atoms with Crippen LogP contribution in [0.2, 0.25) is 0 Å². The lowest BCUT2D eigenvalue weighted by atomic mass is 10.1. The third-order valence-corrected chi connectivity index (χ3v) is 3.95. The first-order valence-corrected chi connectivity index (χ1v) is 7.86. The topological polar surface area (TPSA) is 96.0 Å². The zero-order valence-electron chi connectivity index (χ0n) is 9.46. The molecule has 18 heavy (non-hydrogen) atoms. The number of rotatable bonds is 4. The summed E-state index contributed by atoms with van der Waals surface area (Å²) >= 11 is 1.31. The van der Waals surface area contributed by atoms with Crippen molar-refractivity contribution in [3.8, 4) is 0 Å². The predicted octanol–water partition coefficient (Wildman–Crippen LogP) is 0.179. The second-order valence-electron chi connectivity index (χ2n) is 3.93. The van der Waals surface area contributed by atoms with Crippen molar-refractivity contribution in [2.24, 2.45) is 5.92 Å². The molecule has 2 rings (SSSR count). The molecular weight excluding hydrogens is 283 g/mol. The van der Waals surface area contributed by atoms with Crippen LogP contribution in [0.3, 0.4) is 0 Å². The molecule has 1 unspecified atom stereocenters. The van der Waals surface area contributed by atoms with Gasteiger partial charge < -0.3 is 0 Å². The number of H-pyrrole nitrogens is 1. The summed E-state index contributed by atoms with van der Waals surface area (Å²) in [6.07, 6.45) is 1.79. The molecule has 2 heterocycles. The van der Waals surface area contributed by atoms with E-state index in [-0.39, 0.29) is 24.8 Å². The molecule has 0 radical (unpaired) electrons. The number of thioether (sulfide) groups is 1. The van der Waals surface area contributed by atoms with E-state index in [1.165, 1.54) is 16.7 Å². The van der Waals surface area contributed by atoms with Gasteiger partial charge in [-0.05, 0) is 6.26 Å². The van der Waals surface area contributed by atoms with E-state index in [4.69, 9.17) is 0 Å². The summed E-state index contributed by atoms with van der Waals surface area (Å²) in [5, 5.41) is 6.93. The number of amides is 1. The molecule has 7 nitrogen and oxygen atoms in total. The van der Waals surface area contributed by atoms with Crippen LogP contribution in [0, 0.1) is 5.92 Å². The number of aromatic nitrogens is 3. The molecule has 1 saturated heterocycles. The van der Waals surface area contributed by atoms with Crippen molar-refractivity contribution in [3.05, 3.63) is 0 Å². The van der Waals surface area contributed by atoms with Crippen LogP contribution in [0.5, 0.6) is 0 Å². The lowest BCUT2D eigenvalue weighted by molar-refractivity contribution is -0.117. The Kier molecular flexibility index (Phi) is 3.57. The molecule has 1 aromatic rings. The number of carbonyl (C=O) groups is 1. The summed E-state index contributed by atoms with van der Waals surface area (Å²) in [7, 11) is -4.57. The molecule has 10 heteroatoms. The minimum atomic E-state index is -4.57. The highest BCUT2D eigenvalue weighted by Crippen LogP contribution is 2.24. The lowest BCUT2D eigenvalue weighted by Gasteiger charge is -2.11. The van der Waals surface area contributed by atoms with Crippen molar-refractivity contribution in [1.82, 2.24) is 15.2 Å². The second-order valence-corrected chi connectivity index (χ2v) is 6.11. The molecule has 0 aliphatic carbocycles. The van der Waals surface area contributed by atoms with Crippen molar-refractivity contribution in [2.45, 2.75) is 11.6 Å². The molecule has 0 saturated carbocycles. The van der Waals surface area contributed by atoms with Crippen molar-refractivity contribution < 1.29 is 17.1 Å². The van der Waals surface area contributed by atoms with Gasteiger partial charge in [0.15, 0.2) is 0 Å². The molecule has 0 spiro atoms. The highest BCUT2D eigenvalue weighted by molar-refractivity contribution is 7.98. The number of nitrogens with one attached hydrogen (secondary N) is 1. The molecule has 100 valence electrons. The fourth-order valence-electron chi connectivity index (χ4n) is 1.83. The van der Waals surface area contributed by atoms with E-state index in [0.29, 0.717) is 5.16 Å². The first-order chi connectivity index (χ1) is 8.39. The third kappa shape index (κ3) is 2.99. The fraction of sp³-hybridized carbons (Fsp3) is 0.625. The van der Waals surface area contributed by atoms with Gasteiger partial charge in [0.1, 0.15) is 0 Å². The average molecular weight is 294 g/mol. The predicted molar refractivity (Wildman–Crippen MR) is 63.5 cm³/mol. The van der Waals surface area contributed by atoms with Crippen LogP contribution in [0.15, 0.2) is 5.16 Å². The molecule has 0 bridgehead atoms. The number of anilines is 1. The molecule has 1 aromatic heterocycles. The largest absolute Gasteiger partial charge is 0.302 e. The maximum Gasteiger partial charge on any atom is 0.302 e. The van der Waals surface area contributed by atoms with Gasteiger partial charge >= 0.3 is 10.2 Å². The molecule has 1 atom stereocenters.